The third-order valence-electron chi connectivity index (χ3n) is 5.00. The minimum atomic E-state index is -0.841. The van der Waals surface area contributed by atoms with E-state index in [4.69, 9.17) is 11.5 Å². The Balaban J connectivity index is 2.23. The van der Waals surface area contributed by atoms with Crippen molar-refractivity contribution in [2.75, 3.05) is 54.1 Å². The van der Waals surface area contributed by atoms with E-state index in [1.807, 2.05) is 60.0 Å². The third kappa shape index (κ3) is 5.28. The standard InChI is InChI=1S/C21H32N4O3/c1-3-24(17-6-4-16(22)5-7-17)13-21(28)20(14-27)25(10-11-26)18-8-9-19(23)15(2)12-18/h4-9,12,20-21,26-28H,3,10-11,13-14,22-23H2,1-2H3. The Labute approximate surface area is 166 Å². The van der Waals surface area contributed by atoms with Crippen LogP contribution in [0.3, 0.4) is 0 Å². The van der Waals surface area contributed by atoms with Gasteiger partial charge in [0.05, 0.1) is 25.4 Å². The molecule has 7 heteroatoms. The van der Waals surface area contributed by atoms with Crippen LogP contribution in [0.1, 0.15) is 12.5 Å². The summed E-state index contributed by atoms with van der Waals surface area (Å²) < 4.78 is 0. The zero-order valence-corrected chi connectivity index (χ0v) is 16.6. The smallest absolute Gasteiger partial charge is 0.0940 e. The number of benzene rings is 2. The number of rotatable bonds is 10. The van der Waals surface area contributed by atoms with E-state index in [-0.39, 0.29) is 13.2 Å². The fourth-order valence-corrected chi connectivity index (χ4v) is 3.31. The lowest BCUT2D eigenvalue weighted by Crippen LogP contribution is -2.51. The molecule has 7 nitrogen and oxygen atoms in total. The monoisotopic (exact) mass is 388 g/mol. The maximum atomic E-state index is 10.9. The average molecular weight is 389 g/mol. The number of likely N-dealkylation sites (N-methyl/N-ethyl adjacent to an activating group) is 1. The number of nitrogen functional groups attached to an aromatic ring is 2. The number of nitrogens with zero attached hydrogens (tertiary/aromatic N) is 2. The summed E-state index contributed by atoms with van der Waals surface area (Å²) in [7, 11) is 0. The molecule has 7 N–H and O–H groups in total. The van der Waals surface area contributed by atoms with Crippen LogP contribution in [0.5, 0.6) is 0 Å². The molecule has 0 heterocycles. The zero-order chi connectivity index (χ0) is 20.7. The van der Waals surface area contributed by atoms with Crippen LogP contribution in [-0.2, 0) is 0 Å². The Kier molecular flexibility index (Phi) is 7.92. The summed E-state index contributed by atoms with van der Waals surface area (Å²) in [6.07, 6.45) is -0.841. The number of aryl methyl sites for hydroxylation is 1. The molecule has 0 amide bonds. The molecule has 154 valence electrons. The molecule has 2 atom stereocenters. The van der Waals surface area contributed by atoms with Crippen LogP contribution in [-0.4, -0.2) is 60.3 Å². The van der Waals surface area contributed by atoms with Crippen molar-refractivity contribution in [3.8, 4) is 0 Å². The van der Waals surface area contributed by atoms with Crippen LogP contribution >= 0.6 is 0 Å². The topological polar surface area (TPSA) is 119 Å². The first-order valence-corrected chi connectivity index (χ1v) is 9.54. The first-order valence-electron chi connectivity index (χ1n) is 9.54. The van der Waals surface area contributed by atoms with Crippen molar-refractivity contribution in [1.82, 2.24) is 0 Å². The highest BCUT2D eigenvalue weighted by Crippen LogP contribution is 2.24. The molecule has 0 spiro atoms. The van der Waals surface area contributed by atoms with Gasteiger partial charge in [0.1, 0.15) is 0 Å². The SMILES string of the molecule is CCN(CC(O)C(CO)N(CCO)c1ccc(N)c(C)c1)c1ccc(N)cc1. The maximum Gasteiger partial charge on any atom is 0.0940 e. The molecule has 0 saturated carbocycles. The first kappa shape index (κ1) is 21.8. The molecule has 2 aromatic carbocycles. The summed E-state index contributed by atoms with van der Waals surface area (Å²) in [5.74, 6) is 0. The predicted octanol–water partition coefficient (Wildman–Crippen LogP) is 1.21. The van der Waals surface area contributed by atoms with Crippen LogP contribution in [0.25, 0.3) is 0 Å². The van der Waals surface area contributed by atoms with Gasteiger partial charge >= 0.3 is 0 Å². The molecular formula is C21H32N4O3. The number of aliphatic hydroxyl groups is 3. The molecule has 2 unspecified atom stereocenters. The van der Waals surface area contributed by atoms with Gasteiger partial charge in [0.2, 0.25) is 0 Å². The van der Waals surface area contributed by atoms with E-state index >= 15 is 0 Å². The van der Waals surface area contributed by atoms with E-state index in [0.29, 0.717) is 31.0 Å². The number of anilines is 4. The van der Waals surface area contributed by atoms with Crippen molar-refractivity contribution >= 4 is 22.7 Å². The van der Waals surface area contributed by atoms with E-state index < -0.39 is 12.1 Å². The first-order chi connectivity index (χ1) is 13.4. The van der Waals surface area contributed by atoms with Crippen molar-refractivity contribution in [1.29, 1.82) is 0 Å². The number of nitrogens with two attached hydrogens (primary N) is 2. The second-order valence-corrected chi connectivity index (χ2v) is 6.91. The second-order valence-electron chi connectivity index (χ2n) is 6.91. The van der Waals surface area contributed by atoms with Crippen LogP contribution in [0.4, 0.5) is 22.7 Å². The largest absolute Gasteiger partial charge is 0.399 e. The summed E-state index contributed by atoms with van der Waals surface area (Å²) in [5.41, 5.74) is 15.7. The molecular weight excluding hydrogens is 356 g/mol. The predicted molar refractivity (Wildman–Crippen MR) is 116 cm³/mol. The second kappa shape index (κ2) is 10.2. The Morgan fingerprint density at radius 3 is 2.18 bits per heavy atom. The maximum absolute atomic E-state index is 10.9. The summed E-state index contributed by atoms with van der Waals surface area (Å²) >= 11 is 0. The van der Waals surface area contributed by atoms with Crippen LogP contribution < -0.4 is 21.3 Å². The van der Waals surface area contributed by atoms with Crippen LogP contribution in [0.15, 0.2) is 42.5 Å². The summed E-state index contributed by atoms with van der Waals surface area (Å²) in [6.45, 7) is 4.89. The highest BCUT2D eigenvalue weighted by Gasteiger charge is 2.27. The minimum Gasteiger partial charge on any atom is -0.399 e. The molecule has 2 rings (SSSR count). The molecule has 0 saturated heterocycles. The van der Waals surface area contributed by atoms with E-state index in [9.17, 15) is 15.3 Å². The number of hydrogen-bond acceptors (Lipinski definition) is 7. The minimum absolute atomic E-state index is 0.0951. The molecule has 0 aliphatic heterocycles. The van der Waals surface area contributed by atoms with E-state index in [1.54, 1.807) is 6.07 Å². The molecule has 0 bridgehead atoms. The van der Waals surface area contributed by atoms with Gasteiger partial charge in [0, 0.05) is 42.4 Å². The van der Waals surface area contributed by atoms with Gasteiger partial charge in [-0.25, -0.2) is 0 Å². The lowest BCUT2D eigenvalue weighted by molar-refractivity contribution is 0.106. The quantitative estimate of drug-likeness (QED) is 0.388. The van der Waals surface area contributed by atoms with Crippen LogP contribution in [0.2, 0.25) is 0 Å². The Hall–Kier alpha value is -2.48. The molecule has 0 aliphatic rings. The van der Waals surface area contributed by atoms with E-state index in [0.717, 1.165) is 16.9 Å². The summed E-state index contributed by atoms with van der Waals surface area (Å²) in [4.78, 5) is 3.85. The van der Waals surface area contributed by atoms with Crippen molar-refractivity contribution in [3.05, 3.63) is 48.0 Å². The summed E-state index contributed by atoms with van der Waals surface area (Å²) in [5, 5.41) is 30.5. The summed E-state index contributed by atoms with van der Waals surface area (Å²) in [6, 6.07) is 12.4. The van der Waals surface area contributed by atoms with Gasteiger partial charge in [-0.15, -0.1) is 0 Å². The average Bonchev–Trinajstić information content (AvgIpc) is 2.69. The zero-order valence-electron chi connectivity index (χ0n) is 16.6. The Morgan fingerprint density at radius 2 is 1.64 bits per heavy atom. The van der Waals surface area contributed by atoms with Crippen LogP contribution in [0, 0.1) is 6.92 Å². The van der Waals surface area contributed by atoms with Gasteiger partial charge in [-0.1, -0.05) is 0 Å². The molecule has 0 radical (unpaired) electrons. The fourth-order valence-electron chi connectivity index (χ4n) is 3.31. The molecule has 28 heavy (non-hydrogen) atoms. The molecule has 0 aromatic heterocycles. The van der Waals surface area contributed by atoms with E-state index in [2.05, 4.69) is 0 Å². The molecule has 2 aromatic rings. The van der Waals surface area contributed by atoms with E-state index in [1.165, 1.54) is 0 Å². The van der Waals surface area contributed by atoms with Crippen molar-refractivity contribution in [3.63, 3.8) is 0 Å². The van der Waals surface area contributed by atoms with Gasteiger partial charge in [-0.3, -0.25) is 0 Å². The van der Waals surface area contributed by atoms with Crippen molar-refractivity contribution < 1.29 is 15.3 Å². The van der Waals surface area contributed by atoms with Gasteiger partial charge in [0.25, 0.3) is 0 Å². The Morgan fingerprint density at radius 1 is 1.00 bits per heavy atom. The third-order valence-corrected chi connectivity index (χ3v) is 5.00. The van der Waals surface area contributed by atoms with Crippen molar-refractivity contribution in [2.45, 2.75) is 26.0 Å². The van der Waals surface area contributed by atoms with Gasteiger partial charge in [0.15, 0.2) is 0 Å². The lowest BCUT2D eigenvalue weighted by Gasteiger charge is -2.37. The van der Waals surface area contributed by atoms with Gasteiger partial charge in [-0.2, -0.15) is 0 Å². The highest BCUT2D eigenvalue weighted by atomic mass is 16.3. The fraction of sp³-hybridized carbons (Fsp3) is 0.429. The molecule has 0 aliphatic carbocycles. The van der Waals surface area contributed by atoms with Crippen molar-refractivity contribution in [2.24, 2.45) is 0 Å². The normalized spacial score (nSPS) is 13.2. The number of hydrogen-bond donors (Lipinski definition) is 5. The van der Waals surface area contributed by atoms with Gasteiger partial charge < -0.3 is 36.6 Å². The number of aliphatic hydroxyl groups excluding tert-OH is 3. The highest BCUT2D eigenvalue weighted by molar-refractivity contribution is 5.59. The Bertz CT molecular complexity index is 739. The van der Waals surface area contributed by atoms with Gasteiger partial charge in [-0.05, 0) is 61.9 Å². The molecule has 0 fully saturated rings. The lowest BCUT2D eigenvalue weighted by atomic mass is 10.1.